The highest BCUT2D eigenvalue weighted by atomic mass is 16.3. The number of aryl methyl sites for hydroxylation is 1. The number of hydrogen-bond donors (Lipinski definition) is 3. The lowest BCUT2D eigenvalue weighted by molar-refractivity contribution is -0.136. The molecule has 2 rings (SSSR count). The van der Waals surface area contributed by atoms with Crippen LogP contribution in [0.3, 0.4) is 0 Å². The largest absolute Gasteiger partial charge is 0.394 e. The van der Waals surface area contributed by atoms with Crippen molar-refractivity contribution >= 4 is 17.5 Å². The maximum absolute atomic E-state index is 12.0. The van der Waals surface area contributed by atoms with Crippen LogP contribution in [-0.2, 0) is 16.0 Å². The number of amides is 2. The van der Waals surface area contributed by atoms with Gasteiger partial charge in [0.25, 0.3) is 0 Å². The molecule has 0 aliphatic heterocycles. The number of hydrogen-bond acceptors (Lipinski definition) is 3. The third kappa shape index (κ3) is 4.66. The van der Waals surface area contributed by atoms with E-state index in [1.54, 1.807) is 36.4 Å². The topological polar surface area (TPSA) is 78.4 Å². The van der Waals surface area contributed by atoms with Gasteiger partial charge in [0.2, 0.25) is 0 Å². The normalized spacial score (nSPS) is 11.6. The number of nitrogens with one attached hydrogen (secondary N) is 2. The molecule has 1 unspecified atom stereocenters. The molecule has 2 aromatic carbocycles. The van der Waals surface area contributed by atoms with Crippen LogP contribution in [0.1, 0.15) is 24.1 Å². The Bertz CT molecular complexity index is 654. The van der Waals surface area contributed by atoms with Gasteiger partial charge in [-0.2, -0.15) is 0 Å². The van der Waals surface area contributed by atoms with E-state index in [0.717, 1.165) is 17.5 Å². The third-order valence-corrected chi connectivity index (χ3v) is 3.52. The van der Waals surface area contributed by atoms with Crippen molar-refractivity contribution < 1.29 is 14.7 Å². The van der Waals surface area contributed by atoms with Crippen molar-refractivity contribution in [2.75, 3.05) is 11.9 Å². The second-order valence-electron chi connectivity index (χ2n) is 5.12. The highest BCUT2D eigenvalue weighted by molar-refractivity contribution is 6.39. The van der Waals surface area contributed by atoms with Crippen molar-refractivity contribution in [1.82, 2.24) is 5.32 Å². The third-order valence-electron chi connectivity index (χ3n) is 3.52. The summed E-state index contributed by atoms with van der Waals surface area (Å²) in [7, 11) is 0. The molecule has 3 N–H and O–H groups in total. The first-order valence-electron chi connectivity index (χ1n) is 7.50. The molecule has 5 heteroatoms. The molecular weight excluding hydrogens is 292 g/mol. The van der Waals surface area contributed by atoms with Crippen molar-refractivity contribution in [2.45, 2.75) is 19.4 Å². The average Bonchev–Trinajstić information content (AvgIpc) is 2.60. The molecular formula is C18H20N2O3. The van der Waals surface area contributed by atoms with Gasteiger partial charge in [-0.15, -0.1) is 0 Å². The van der Waals surface area contributed by atoms with E-state index >= 15 is 0 Å². The van der Waals surface area contributed by atoms with Crippen LogP contribution in [0, 0.1) is 0 Å². The molecule has 2 aromatic rings. The van der Waals surface area contributed by atoms with E-state index < -0.39 is 17.9 Å². The first-order valence-corrected chi connectivity index (χ1v) is 7.50. The number of aliphatic hydroxyl groups excluding tert-OH is 1. The van der Waals surface area contributed by atoms with Gasteiger partial charge < -0.3 is 15.7 Å². The first-order chi connectivity index (χ1) is 11.1. The molecule has 0 spiro atoms. The van der Waals surface area contributed by atoms with E-state index in [1.165, 1.54) is 0 Å². The minimum atomic E-state index is -0.785. The van der Waals surface area contributed by atoms with Gasteiger partial charge in [0.15, 0.2) is 0 Å². The summed E-state index contributed by atoms with van der Waals surface area (Å²) >= 11 is 0. The molecule has 120 valence electrons. The van der Waals surface area contributed by atoms with Gasteiger partial charge in [-0.25, -0.2) is 0 Å². The summed E-state index contributed by atoms with van der Waals surface area (Å²) in [5.41, 5.74) is 2.45. The molecule has 0 aliphatic carbocycles. The van der Waals surface area contributed by atoms with E-state index in [0.29, 0.717) is 5.69 Å². The molecule has 0 aliphatic rings. The molecule has 0 aromatic heterocycles. The molecule has 0 heterocycles. The van der Waals surface area contributed by atoms with E-state index in [1.807, 2.05) is 25.1 Å². The number of benzene rings is 2. The molecule has 5 nitrogen and oxygen atoms in total. The molecule has 0 saturated heterocycles. The van der Waals surface area contributed by atoms with Crippen LogP contribution in [-0.4, -0.2) is 23.5 Å². The van der Waals surface area contributed by atoms with Crippen LogP contribution in [0.15, 0.2) is 54.6 Å². The van der Waals surface area contributed by atoms with Crippen LogP contribution in [0.4, 0.5) is 5.69 Å². The van der Waals surface area contributed by atoms with Gasteiger partial charge in [-0.05, 0) is 29.7 Å². The molecule has 0 bridgehead atoms. The molecule has 0 saturated carbocycles. The Morgan fingerprint density at radius 2 is 1.65 bits per heavy atom. The number of carbonyl (C=O) groups excluding carboxylic acids is 2. The zero-order valence-corrected chi connectivity index (χ0v) is 13.0. The second kappa shape index (κ2) is 8.10. The summed E-state index contributed by atoms with van der Waals surface area (Å²) < 4.78 is 0. The molecule has 1 atom stereocenters. The Morgan fingerprint density at radius 3 is 2.22 bits per heavy atom. The van der Waals surface area contributed by atoms with Gasteiger partial charge in [0.1, 0.15) is 0 Å². The monoisotopic (exact) mass is 312 g/mol. The highest BCUT2D eigenvalue weighted by Gasteiger charge is 2.19. The number of aliphatic hydroxyl groups is 1. The van der Waals surface area contributed by atoms with Gasteiger partial charge >= 0.3 is 11.8 Å². The Kier molecular flexibility index (Phi) is 5.88. The lowest BCUT2D eigenvalue weighted by Gasteiger charge is -2.16. The van der Waals surface area contributed by atoms with Gasteiger partial charge in [-0.1, -0.05) is 49.4 Å². The van der Waals surface area contributed by atoms with Crippen LogP contribution < -0.4 is 10.6 Å². The molecule has 0 fully saturated rings. The standard InChI is InChI=1S/C18H20N2O3/c1-2-13-8-10-15(11-9-13)19-17(22)18(23)20-16(12-21)14-6-4-3-5-7-14/h3-11,16,21H,2,12H2,1H3,(H,19,22)(H,20,23). The maximum atomic E-state index is 12.0. The Labute approximate surface area is 135 Å². The summed E-state index contributed by atoms with van der Waals surface area (Å²) in [6.45, 7) is 1.76. The highest BCUT2D eigenvalue weighted by Crippen LogP contribution is 2.12. The van der Waals surface area contributed by atoms with Gasteiger partial charge in [0, 0.05) is 5.69 Å². The predicted octanol–water partition coefficient (Wildman–Crippen LogP) is 2.04. The van der Waals surface area contributed by atoms with E-state index in [4.69, 9.17) is 0 Å². The summed E-state index contributed by atoms with van der Waals surface area (Å²) in [6, 6.07) is 15.7. The molecule has 23 heavy (non-hydrogen) atoms. The number of rotatable bonds is 5. The maximum Gasteiger partial charge on any atom is 0.313 e. The number of carbonyl (C=O) groups is 2. The second-order valence-corrected chi connectivity index (χ2v) is 5.12. The average molecular weight is 312 g/mol. The molecule has 0 radical (unpaired) electrons. The summed E-state index contributed by atoms with van der Waals surface area (Å²) in [5, 5.41) is 14.5. The molecule has 2 amide bonds. The fourth-order valence-electron chi connectivity index (χ4n) is 2.16. The van der Waals surface area contributed by atoms with E-state index in [9.17, 15) is 14.7 Å². The smallest absolute Gasteiger partial charge is 0.313 e. The van der Waals surface area contributed by atoms with Gasteiger partial charge in [-0.3, -0.25) is 9.59 Å². The zero-order valence-electron chi connectivity index (χ0n) is 13.0. The quantitative estimate of drug-likeness (QED) is 0.739. The Morgan fingerprint density at radius 1 is 1.00 bits per heavy atom. The van der Waals surface area contributed by atoms with E-state index in [-0.39, 0.29) is 6.61 Å². The fourth-order valence-corrected chi connectivity index (χ4v) is 2.16. The van der Waals surface area contributed by atoms with Crippen molar-refractivity contribution in [2.24, 2.45) is 0 Å². The van der Waals surface area contributed by atoms with Crippen molar-refractivity contribution in [3.05, 3.63) is 65.7 Å². The van der Waals surface area contributed by atoms with Crippen LogP contribution in [0.5, 0.6) is 0 Å². The summed E-state index contributed by atoms with van der Waals surface area (Å²) in [6.07, 6.45) is 0.907. The SMILES string of the molecule is CCc1ccc(NC(=O)C(=O)NC(CO)c2ccccc2)cc1. The van der Waals surface area contributed by atoms with E-state index in [2.05, 4.69) is 10.6 Å². The van der Waals surface area contributed by atoms with Crippen molar-refractivity contribution in [1.29, 1.82) is 0 Å². The first kappa shape index (κ1) is 16.7. The van der Waals surface area contributed by atoms with Gasteiger partial charge in [0.05, 0.1) is 12.6 Å². The Balaban J connectivity index is 1.97. The summed E-state index contributed by atoms with van der Waals surface area (Å²) in [5.74, 6) is -1.55. The van der Waals surface area contributed by atoms with Crippen molar-refractivity contribution in [3.8, 4) is 0 Å². The lowest BCUT2D eigenvalue weighted by atomic mass is 10.1. The van der Waals surface area contributed by atoms with Crippen LogP contribution in [0.25, 0.3) is 0 Å². The van der Waals surface area contributed by atoms with Crippen LogP contribution in [0.2, 0.25) is 0 Å². The minimum absolute atomic E-state index is 0.284. The zero-order chi connectivity index (χ0) is 16.7. The van der Waals surface area contributed by atoms with Crippen molar-refractivity contribution in [3.63, 3.8) is 0 Å². The van der Waals surface area contributed by atoms with Crippen LogP contribution >= 0.6 is 0 Å². The summed E-state index contributed by atoms with van der Waals surface area (Å²) in [4.78, 5) is 23.9. The fraction of sp³-hybridized carbons (Fsp3) is 0.222. The lowest BCUT2D eigenvalue weighted by Crippen LogP contribution is -2.39. The minimum Gasteiger partial charge on any atom is -0.394 e. The Hall–Kier alpha value is -2.66. The number of anilines is 1. The predicted molar refractivity (Wildman–Crippen MR) is 88.9 cm³/mol.